The molecular weight excluding hydrogens is 456 g/mol. The number of carbonyl (C=O) groups is 2. The Bertz CT molecular complexity index is 1090. The van der Waals surface area contributed by atoms with Crippen molar-refractivity contribution in [3.05, 3.63) is 53.6 Å². The number of aromatic hydroxyl groups is 1. The van der Waals surface area contributed by atoms with Crippen LogP contribution in [0.5, 0.6) is 5.75 Å². The zero-order chi connectivity index (χ0) is 23.3. The molecule has 172 valence electrons. The van der Waals surface area contributed by atoms with Crippen LogP contribution in [0.15, 0.2) is 42.5 Å². The Morgan fingerprint density at radius 2 is 1.88 bits per heavy atom. The number of carbonyl (C=O) groups excluding carboxylic acids is 2. The van der Waals surface area contributed by atoms with Crippen molar-refractivity contribution in [1.29, 1.82) is 0 Å². The average molecular weight is 481 g/mol. The summed E-state index contributed by atoms with van der Waals surface area (Å²) in [4.78, 5) is 22.8. The second kappa shape index (κ2) is 10.2. The first-order chi connectivity index (χ1) is 15.1. The molecule has 1 heterocycles. The highest BCUT2D eigenvalue weighted by Gasteiger charge is 2.31. The molecule has 2 amide bonds. The summed E-state index contributed by atoms with van der Waals surface area (Å²) in [6.45, 7) is 0.830. The maximum atomic E-state index is 11.6. The zero-order valence-corrected chi connectivity index (χ0v) is 18.8. The van der Waals surface area contributed by atoms with Crippen LogP contribution < -0.4 is 20.7 Å². The van der Waals surface area contributed by atoms with Crippen LogP contribution in [0.1, 0.15) is 17.2 Å². The molecule has 1 fully saturated rings. The van der Waals surface area contributed by atoms with Gasteiger partial charge in [-0.2, -0.15) is 0 Å². The first kappa shape index (κ1) is 23.9. The zero-order valence-electron chi connectivity index (χ0n) is 17.2. The minimum atomic E-state index is -3.56. The van der Waals surface area contributed by atoms with Gasteiger partial charge in [0.05, 0.1) is 18.0 Å². The van der Waals surface area contributed by atoms with E-state index in [2.05, 4.69) is 20.7 Å². The van der Waals surface area contributed by atoms with Crippen LogP contribution in [0, 0.1) is 0 Å². The molecule has 0 saturated carbocycles. The number of amides is 2. The Labute approximate surface area is 189 Å². The third kappa shape index (κ3) is 6.85. The van der Waals surface area contributed by atoms with E-state index in [1.54, 1.807) is 0 Å². The quantitative estimate of drug-likeness (QED) is 0.218. The summed E-state index contributed by atoms with van der Waals surface area (Å²) in [6, 6.07) is 11.7. The molecule has 2 aromatic carbocycles. The number of phenolic OH excluding ortho intramolecular Hbond substituents is 1. The third-order valence-electron chi connectivity index (χ3n) is 4.57. The summed E-state index contributed by atoms with van der Waals surface area (Å²) >= 11 is 0.903. The lowest BCUT2D eigenvalue weighted by molar-refractivity contribution is -0.118. The smallest absolute Gasteiger partial charge is 0.288 e. The van der Waals surface area contributed by atoms with Crippen LogP contribution in [-0.4, -0.2) is 54.5 Å². The van der Waals surface area contributed by atoms with Gasteiger partial charge in [-0.25, -0.2) is 8.42 Å². The molecule has 1 aliphatic rings. The first-order valence-electron chi connectivity index (χ1n) is 9.67. The molecule has 0 bridgehead atoms. The van der Waals surface area contributed by atoms with Crippen molar-refractivity contribution in [2.45, 2.75) is 17.9 Å². The van der Waals surface area contributed by atoms with Gasteiger partial charge in [0.1, 0.15) is 5.75 Å². The largest absolute Gasteiger partial charge is 0.506 e. The van der Waals surface area contributed by atoms with Gasteiger partial charge in [0.2, 0.25) is 10.0 Å². The van der Waals surface area contributed by atoms with Gasteiger partial charge in [-0.05, 0) is 60.1 Å². The number of benzene rings is 2. The fraction of sp³-hybridized carbons (Fsp3) is 0.300. The van der Waals surface area contributed by atoms with E-state index in [0.29, 0.717) is 18.5 Å². The van der Waals surface area contributed by atoms with Crippen molar-refractivity contribution in [2.75, 3.05) is 29.4 Å². The molecule has 0 radical (unpaired) electrons. The number of thioether (sulfide) groups is 1. The SMILES string of the molecule is CS(=O)(=O)Nc1cc([C@H](O)CNCCc2ccc(NC3SC(=O)NC3=O)cc2)ccc1O. The molecule has 32 heavy (non-hydrogen) atoms. The van der Waals surface area contributed by atoms with Crippen LogP contribution in [0.25, 0.3) is 0 Å². The molecule has 1 unspecified atom stereocenters. The molecule has 10 nitrogen and oxygen atoms in total. The molecule has 2 aromatic rings. The maximum absolute atomic E-state index is 11.6. The fourth-order valence-corrected chi connectivity index (χ4v) is 4.30. The molecule has 6 N–H and O–H groups in total. The van der Waals surface area contributed by atoms with E-state index in [-0.39, 0.29) is 29.1 Å². The molecule has 0 aromatic heterocycles. The molecular formula is C20H24N4O6S2. The van der Waals surface area contributed by atoms with Gasteiger partial charge in [0.15, 0.2) is 5.37 Å². The van der Waals surface area contributed by atoms with E-state index in [1.807, 2.05) is 24.3 Å². The summed E-state index contributed by atoms with van der Waals surface area (Å²) < 4.78 is 25.0. The number of aliphatic hydroxyl groups excluding tert-OH is 1. The highest BCUT2D eigenvalue weighted by molar-refractivity contribution is 8.15. The lowest BCUT2D eigenvalue weighted by atomic mass is 10.1. The van der Waals surface area contributed by atoms with Crippen LogP contribution in [-0.2, 0) is 21.2 Å². The standard InChI is InChI=1S/C20H24N4O6S2/c1-32(29,30)24-15-10-13(4-7-16(15)25)17(26)11-21-9-8-12-2-5-14(6-3-12)22-19-18(27)23-20(28)31-19/h2-7,10,17,19,21-22,24-26H,8-9,11H2,1H3,(H,23,27,28)/t17-,19?/m1/s1. The molecule has 2 atom stereocenters. The summed E-state index contributed by atoms with van der Waals surface area (Å²) in [5.74, 6) is -0.587. The number of hydrogen-bond acceptors (Lipinski definition) is 9. The average Bonchev–Trinajstić information content (AvgIpc) is 3.03. The normalized spacial score (nSPS) is 17.1. The molecule has 0 spiro atoms. The highest BCUT2D eigenvalue weighted by Crippen LogP contribution is 2.27. The number of aliphatic hydroxyl groups is 1. The Balaban J connectivity index is 1.45. The summed E-state index contributed by atoms with van der Waals surface area (Å²) in [5.41, 5.74) is 2.24. The molecule has 1 saturated heterocycles. The Morgan fingerprint density at radius 1 is 1.16 bits per heavy atom. The van der Waals surface area contributed by atoms with Gasteiger partial charge in [-0.1, -0.05) is 18.2 Å². The van der Waals surface area contributed by atoms with Crippen LogP contribution >= 0.6 is 11.8 Å². The Kier molecular flexibility index (Phi) is 7.61. The van der Waals surface area contributed by atoms with Crippen LogP contribution in [0.3, 0.4) is 0 Å². The second-order valence-electron chi connectivity index (χ2n) is 7.24. The fourth-order valence-electron chi connectivity index (χ4n) is 3.00. The second-order valence-corrected chi connectivity index (χ2v) is 10.1. The van der Waals surface area contributed by atoms with Gasteiger partial charge in [-0.15, -0.1) is 0 Å². The topological polar surface area (TPSA) is 157 Å². The van der Waals surface area contributed by atoms with Crippen molar-refractivity contribution in [2.24, 2.45) is 0 Å². The maximum Gasteiger partial charge on any atom is 0.288 e. The predicted molar refractivity (Wildman–Crippen MR) is 123 cm³/mol. The number of nitrogens with one attached hydrogen (secondary N) is 4. The van der Waals surface area contributed by atoms with Crippen LogP contribution in [0.2, 0.25) is 0 Å². The number of phenols is 1. The van der Waals surface area contributed by atoms with Gasteiger partial charge >= 0.3 is 0 Å². The van der Waals surface area contributed by atoms with E-state index in [9.17, 15) is 28.2 Å². The van der Waals surface area contributed by atoms with E-state index < -0.39 is 21.5 Å². The van der Waals surface area contributed by atoms with Crippen molar-refractivity contribution < 1.29 is 28.2 Å². The van der Waals surface area contributed by atoms with Gasteiger partial charge in [0, 0.05) is 12.2 Å². The molecule has 1 aliphatic heterocycles. The third-order valence-corrected chi connectivity index (χ3v) is 6.04. The molecule has 12 heteroatoms. The van der Waals surface area contributed by atoms with Gasteiger partial charge in [-0.3, -0.25) is 19.6 Å². The number of imide groups is 1. The summed E-state index contributed by atoms with van der Waals surface area (Å²) in [6.07, 6.45) is 0.783. The number of rotatable bonds is 10. The van der Waals surface area contributed by atoms with Gasteiger partial charge < -0.3 is 20.8 Å². The monoisotopic (exact) mass is 480 g/mol. The van der Waals surface area contributed by atoms with E-state index in [4.69, 9.17) is 0 Å². The van der Waals surface area contributed by atoms with Crippen molar-refractivity contribution in [3.63, 3.8) is 0 Å². The lowest BCUT2D eigenvalue weighted by Gasteiger charge is -2.15. The van der Waals surface area contributed by atoms with E-state index in [0.717, 1.165) is 29.3 Å². The van der Waals surface area contributed by atoms with E-state index in [1.165, 1.54) is 18.2 Å². The number of sulfonamides is 1. The van der Waals surface area contributed by atoms with E-state index >= 15 is 0 Å². The van der Waals surface area contributed by atoms with Crippen LogP contribution in [0.4, 0.5) is 16.2 Å². The highest BCUT2D eigenvalue weighted by atomic mass is 32.2. The van der Waals surface area contributed by atoms with Crippen molar-refractivity contribution in [1.82, 2.24) is 10.6 Å². The van der Waals surface area contributed by atoms with Crippen molar-refractivity contribution in [3.8, 4) is 5.75 Å². The minimum absolute atomic E-state index is 0.00982. The minimum Gasteiger partial charge on any atom is -0.506 e. The first-order valence-corrected chi connectivity index (χ1v) is 12.4. The molecule has 3 rings (SSSR count). The Morgan fingerprint density at radius 3 is 2.50 bits per heavy atom. The molecule has 0 aliphatic carbocycles. The predicted octanol–water partition coefficient (Wildman–Crippen LogP) is 1.35. The number of anilines is 2. The summed E-state index contributed by atoms with van der Waals surface area (Å²) in [5, 5.41) is 27.5. The van der Waals surface area contributed by atoms with Crippen molar-refractivity contribution >= 4 is 44.3 Å². The van der Waals surface area contributed by atoms with Gasteiger partial charge in [0.25, 0.3) is 11.1 Å². The Hall–Kier alpha value is -2.80. The summed E-state index contributed by atoms with van der Waals surface area (Å²) in [7, 11) is -3.56. The number of hydrogen-bond donors (Lipinski definition) is 6. The lowest BCUT2D eigenvalue weighted by Crippen LogP contribution is -2.29.